The minimum absolute atomic E-state index is 0.0409. The van der Waals surface area contributed by atoms with Crippen molar-refractivity contribution in [3.63, 3.8) is 0 Å². The van der Waals surface area contributed by atoms with E-state index < -0.39 is 9.84 Å². The number of sulfone groups is 1. The Hall–Kier alpha value is -1.80. The van der Waals surface area contributed by atoms with Crippen LogP contribution in [-0.2, 0) is 14.6 Å². The van der Waals surface area contributed by atoms with Crippen molar-refractivity contribution in [2.45, 2.75) is 37.6 Å². The molecule has 3 rings (SSSR count). The first-order valence-electron chi connectivity index (χ1n) is 9.20. The van der Waals surface area contributed by atoms with E-state index in [1.54, 1.807) is 9.80 Å². The van der Waals surface area contributed by atoms with Gasteiger partial charge >= 0.3 is 6.09 Å². The van der Waals surface area contributed by atoms with E-state index in [1.807, 2.05) is 0 Å². The third kappa shape index (κ3) is 4.43. The van der Waals surface area contributed by atoms with Crippen LogP contribution in [0.5, 0.6) is 0 Å². The summed E-state index contributed by atoms with van der Waals surface area (Å²) in [6.45, 7) is 6.18. The highest BCUT2D eigenvalue weighted by atomic mass is 35.5. The molecule has 0 radical (unpaired) electrons. The third-order valence-electron chi connectivity index (χ3n) is 5.21. The van der Waals surface area contributed by atoms with E-state index in [0.29, 0.717) is 39.1 Å². The summed E-state index contributed by atoms with van der Waals surface area (Å²) in [6.07, 6.45) is 2.13. The molecule has 0 aromatic heterocycles. The largest absolute Gasteiger partial charge is 0.449 e. The molecular weight excluding hydrogens is 404 g/mol. The zero-order valence-corrected chi connectivity index (χ0v) is 17.8. The maximum Gasteiger partial charge on any atom is 0.410 e. The first-order valence-corrected chi connectivity index (χ1v) is 11.5. The molecule has 0 unspecified atom stereocenters. The van der Waals surface area contributed by atoms with Gasteiger partial charge in [0.2, 0.25) is 0 Å². The van der Waals surface area contributed by atoms with Crippen molar-refractivity contribution >= 4 is 33.4 Å². The minimum Gasteiger partial charge on any atom is -0.449 e. The van der Waals surface area contributed by atoms with Crippen LogP contribution in [0.2, 0.25) is 5.02 Å². The molecule has 9 heteroatoms. The number of rotatable bonds is 3. The molecule has 2 fully saturated rings. The summed E-state index contributed by atoms with van der Waals surface area (Å²) in [4.78, 5) is 28.5. The predicted octanol–water partition coefficient (Wildman–Crippen LogP) is 2.83. The number of carbonyl (C=O) groups excluding carboxylic acids is 2. The number of cyclic esters (lactones) is 1. The zero-order chi connectivity index (χ0) is 20.7. The number of nitrogens with zero attached hydrogens (tertiary/aromatic N) is 2. The lowest BCUT2D eigenvalue weighted by Crippen LogP contribution is -2.55. The number of carbonyl (C=O) groups is 2. The van der Waals surface area contributed by atoms with Crippen LogP contribution in [-0.4, -0.2) is 68.8 Å². The van der Waals surface area contributed by atoms with Gasteiger partial charge in [0.25, 0.3) is 5.91 Å². The maximum absolute atomic E-state index is 12.8. The van der Waals surface area contributed by atoms with Gasteiger partial charge in [0.1, 0.15) is 0 Å². The van der Waals surface area contributed by atoms with Crippen LogP contribution in [0.15, 0.2) is 23.1 Å². The lowest BCUT2D eigenvalue weighted by Gasteiger charge is -2.44. The van der Waals surface area contributed by atoms with Crippen molar-refractivity contribution in [3.05, 3.63) is 28.8 Å². The number of halogens is 1. The standard InChI is InChI=1S/C19H25ClN2O5S/c1-19(2)11-22(18(24)27-12-19)13-6-8-21(9-7-13)17(23)15-5-4-14(10-16(15)20)28(3,25)26/h4-5,10,13H,6-9,11-12H2,1-3H3. The summed E-state index contributed by atoms with van der Waals surface area (Å²) in [7, 11) is -3.39. The van der Waals surface area contributed by atoms with Crippen LogP contribution in [0.1, 0.15) is 37.0 Å². The summed E-state index contributed by atoms with van der Waals surface area (Å²) in [5, 5.41) is 0.122. The van der Waals surface area contributed by atoms with Crippen LogP contribution in [0, 0.1) is 5.41 Å². The molecule has 0 spiro atoms. The lowest BCUT2D eigenvalue weighted by molar-refractivity contribution is -0.0153. The highest BCUT2D eigenvalue weighted by Gasteiger charge is 2.38. The molecule has 2 aliphatic heterocycles. The van der Waals surface area contributed by atoms with Gasteiger partial charge in [-0.25, -0.2) is 13.2 Å². The van der Waals surface area contributed by atoms with E-state index in [-0.39, 0.29) is 38.9 Å². The molecule has 2 amide bonds. The molecule has 0 saturated carbocycles. The Balaban J connectivity index is 1.66. The summed E-state index contributed by atoms with van der Waals surface area (Å²) in [6, 6.07) is 4.20. The van der Waals surface area contributed by atoms with E-state index in [9.17, 15) is 18.0 Å². The Labute approximate surface area is 170 Å². The SMILES string of the molecule is CC1(C)COC(=O)N(C2CCN(C(=O)c3ccc(S(C)(=O)=O)cc3Cl)CC2)C1. The van der Waals surface area contributed by atoms with Gasteiger partial charge in [-0.3, -0.25) is 4.79 Å². The molecule has 2 saturated heterocycles. The van der Waals surface area contributed by atoms with E-state index in [1.165, 1.54) is 18.2 Å². The maximum atomic E-state index is 12.8. The molecule has 154 valence electrons. The van der Waals surface area contributed by atoms with Crippen LogP contribution in [0.25, 0.3) is 0 Å². The molecule has 0 aliphatic carbocycles. The number of ether oxygens (including phenoxy) is 1. The average Bonchev–Trinajstić information content (AvgIpc) is 2.62. The van der Waals surface area contributed by atoms with Crippen molar-refractivity contribution in [3.8, 4) is 0 Å². The van der Waals surface area contributed by atoms with E-state index in [0.717, 1.165) is 6.26 Å². The molecule has 2 heterocycles. The fourth-order valence-corrected chi connectivity index (χ4v) is 4.61. The Kier molecular flexibility index (Phi) is 5.64. The highest BCUT2D eigenvalue weighted by molar-refractivity contribution is 7.90. The van der Waals surface area contributed by atoms with Crippen molar-refractivity contribution in [1.82, 2.24) is 9.80 Å². The average molecular weight is 429 g/mol. The number of hydrogen-bond acceptors (Lipinski definition) is 5. The number of hydrogen-bond donors (Lipinski definition) is 0. The van der Waals surface area contributed by atoms with Crippen molar-refractivity contribution in [2.75, 3.05) is 32.5 Å². The van der Waals surface area contributed by atoms with E-state index >= 15 is 0 Å². The molecule has 2 aliphatic rings. The molecular formula is C19H25ClN2O5S. The number of piperidine rings is 1. The smallest absolute Gasteiger partial charge is 0.410 e. The quantitative estimate of drug-likeness (QED) is 0.739. The molecule has 28 heavy (non-hydrogen) atoms. The zero-order valence-electron chi connectivity index (χ0n) is 16.3. The van der Waals surface area contributed by atoms with Crippen LogP contribution in [0.3, 0.4) is 0 Å². The Morgan fingerprint density at radius 3 is 2.46 bits per heavy atom. The van der Waals surface area contributed by atoms with E-state index in [4.69, 9.17) is 16.3 Å². The van der Waals surface area contributed by atoms with Gasteiger partial charge in [0.05, 0.1) is 22.1 Å². The summed E-state index contributed by atoms with van der Waals surface area (Å²) >= 11 is 6.17. The second-order valence-corrected chi connectivity index (χ2v) is 10.7. The molecule has 1 aromatic carbocycles. The van der Waals surface area contributed by atoms with Gasteiger partial charge in [-0.1, -0.05) is 25.4 Å². The number of likely N-dealkylation sites (tertiary alicyclic amines) is 1. The Morgan fingerprint density at radius 2 is 1.89 bits per heavy atom. The van der Waals surface area contributed by atoms with Gasteiger partial charge in [-0.05, 0) is 31.0 Å². The lowest BCUT2D eigenvalue weighted by atomic mass is 9.91. The first-order chi connectivity index (χ1) is 13.0. The normalized spacial score (nSPS) is 20.8. The van der Waals surface area contributed by atoms with E-state index in [2.05, 4.69) is 13.8 Å². The molecule has 0 atom stereocenters. The fourth-order valence-electron chi connectivity index (χ4n) is 3.64. The topological polar surface area (TPSA) is 84.0 Å². The first kappa shape index (κ1) is 20.9. The monoisotopic (exact) mass is 428 g/mol. The molecule has 0 bridgehead atoms. The summed E-state index contributed by atoms with van der Waals surface area (Å²) < 4.78 is 28.6. The molecule has 0 N–H and O–H groups in total. The predicted molar refractivity (Wildman–Crippen MR) is 105 cm³/mol. The van der Waals surface area contributed by atoms with Crippen molar-refractivity contribution in [1.29, 1.82) is 0 Å². The Morgan fingerprint density at radius 1 is 1.25 bits per heavy atom. The van der Waals surface area contributed by atoms with Gasteiger partial charge in [0, 0.05) is 37.3 Å². The van der Waals surface area contributed by atoms with Gasteiger partial charge in [0.15, 0.2) is 9.84 Å². The minimum atomic E-state index is -3.39. The van der Waals surface area contributed by atoms with Crippen molar-refractivity contribution < 1.29 is 22.7 Å². The number of benzene rings is 1. The molecule has 1 aromatic rings. The highest BCUT2D eigenvalue weighted by Crippen LogP contribution is 2.29. The number of amides is 2. The van der Waals surface area contributed by atoms with Gasteiger partial charge < -0.3 is 14.5 Å². The second kappa shape index (κ2) is 7.55. The van der Waals surface area contributed by atoms with Crippen LogP contribution >= 0.6 is 11.6 Å². The van der Waals surface area contributed by atoms with Crippen molar-refractivity contribution in [2.24, 2.45) is 5.41 Å². The van der Waals surface area contributed by atoms with Gasteiger partial charge in [-0.2, -0.15) is 0 Å². The summed E-state index contributed by atoms with van der Waals surface area (Å²) in [5.74, 6) is -0.231. The molecule has 7 nitrogen and oxygen atoms in total. The Bertz CT molecular complexity index is 892. The summed E-state index contributed by atoms with van der Waals surface area (Å²) in [5.41, 5.74) is 0.196. The van der Waals surface area contributed by atoms with Crippen LogP contribution in [0.4, 0.5) is 4.79 Å². The second-order valence-electron chi connectivity index (χ2n) is 8.28. The third-order valence-corrected chi connectivity index (χ3v) is 6.63. The fraction of sp³-hybridized carbons (Fsp3) is 0.579. The van der Waals surface area contributed by atoms with Gasteiger partial charge in [-0.15, -0.1) is 0 Å². The van der Waals surface area contributed by atoms with Crippen LogP contribution < -0.4 is 0 Å².